The van der Waals surface area contributed by atoms with E-state index in [4.69, 9.17) is 0 Å². The number of hydrogen-bond acceptors (Lipinski definition) is 2. The van der Waals surface area contributed by atoms with E-state index >= 15 is 0 Å². The lowest BCUT2D eigenvalue weighted by Gasteiger charge is -2.50. The summed E-state index contributed by atoms with van der Waals surface area (Å²) in [6, 6.07) is 64.6. The largest absolute Gasteiger partial charge is 0.340 e. The molecule has 0 N–H and O–H groups in total. The number of para-hydroxylation sites is 2. The van der Waals surface area contributed by atoms with E-state index in [1.807, 2.05) is 0 Å². The molecule has 1 aliphatic carbocycles. The average Bonchev–Trinajstić information content (AvgIpc) is 3.86. The second-order valence-corrected chi connectivity index (χ2v) is 23.0. The molecule has 3 atom stereocenters. The SMILES string of the molecule is CCCCCCC1(C)CN(c2ccccc2)c2c(C)cc(-c3ccc4c(-c5ccccc5)c5cc(-c6cc(C)c7c(c6C)N(c6ccccc6)C6(C)CCCCC76C)ccc5c(-c5ccccc5)c4c3)c(C)c21. The average molecular weight is 953 g/mol. The summed E-state index contributed by atoms with van der Waals surface area (Å²) in [4.78, 5) is 5.39. The molecule has 73 heavy (non-hydrogen) atoms. The molecule has 9 aromatic carbocycles. The zero-order valence-corrected chi connectivity index (χ0v) is 44.6. The number of benzene rings is 9. The van der Waals surface area contributed by atoms with Crippen molar-refractivity contribution in [3.8, 4) is 44.5 Å². The van der Waals surface area contributed by atoms with E-state index < -0.39 is 0 Å². The van der Waals surface area contributed by atoms with Crippen LogP contribution in [-0.4, -0.2) is 12.1 Å². The molecule has 0 radical (unpaired) electrons. The third-order valence-corrected chi connectivity index (χ3v) is 18.5. The van der Waals surface area contributed by atoms with E-state index in [0.29, 0.717) is 0 Å². The van der Waals surface area contributed by atoms with Crippen LogP contribution in [0.4, 0.5) is 22.7 Å². The first kappa shape index (κ1) is 47.1. The smallest absolute Gasteiger partial charge is 0.0518 e. The topological polar surface area (TPSA) is 6.48 Å². The van der Waals surface area contributed by atoms with Gasteiger partial charge in [-0.3, -0.25) is 0 Å². The standard InChI is InChI=1S/C71H72N2/c1-9-10-11-24-39-69(6)46-72(55-31-20-14-21-32-55)67-48(3)43-59(49(4)66(67)69)53-35-37-57-61(44-53)63(51-27-16-12-17-28-51)58-38-36-54(45-62(58)64(57)52-29-18-13-19-30-52)60-42-47(2)65-68(50(60)5)73(56-33-22-15-23-34-56)71(8)41-26-25-40-70(65,71)7/h12-23,27-38,42-45H,9-11,24-26,39-41,46H2,1-8H3. The van der Waals surface area contributed by atoms with Gasteiger partial charge in [-0.1, -0.05) is 187 Å². The number of anilines is 4. The van der Waals surface area contributed by atoms with Gasteiger partial charge in [0.25, 0.3) is 0 Å². The Labute approximate surface area is 435 Å². The van der Waals surface area contributed by atoms with Crippen molar-refractivity contribution in [1.82, 2.24) is 0 Å². The molecule has 1 saturated carbocycles. The van der Waals surface area contributed by atoms with Crippen LogP contribution in [0.2, 0.25) is 0 Å². The highest BCUT2D eigenvalue weighted by atomic mass is 15.3. The first-order valence-electron chi connectivity index (χ1n) is 27.6. The van der Waals surface area contributed by atoms with E-state index in [0.717, 1.165) is 6.54 Å². The monoisotopic (exact) mass is 953 g/mol. The number of aryl methyl sites for hydroxylation is 2. The van der Waals surface area contributed by atoms with Crippen molar-refractivity contribution in [2.75, 3.05) is 16.3 Å². The van der Waals surface area contributed by atoms with Crippen molar-refractivity contribution in [2.45, 2.75) is 130 Å². The minimum atomic E-state index is -0.0112. The van der Waals surface area contributed by atoms with Crippen LogP contribution in [0, 0.1) is 27.7 Å². The molecule has 0 spiro atoms. The molecule has 0 aromatic heterocycles. The zero-order chi connectivity index (χ0) is 50.2. The summed E-state index contributed by atoms with van der Waals surface area (Å²) in [5.41, 5.74) is 24.5. The highest BCUT2D eigenvalue weighted by Crippen LogP contribution is 2.63. The van der Waals surface area contributed by atoms with E-state index in [9.17, 15) is 0 Å². The van der Waals surface area contributed by atoms with Crippen LogP contribution in [0.1, 0.15) is 119 Å². The zero-order valence-electron chi connectivity index (χ0n) is 44.6. The Balaban J connectivity index is 1.08. The third-order valence-electron chi connectivity index (χ3n) is 18.5. The number of hydrogen-bond donors (Lipinski definition) is 0. The number of unbranched alkanes of at least 4 members (excludes halogenated alkanes) is 3. The minimum absolute atomic E-state index is 0.0112. The van der Waals surface area contributed by atoms with Crippen molar-refractivity contribution in [3.63, 3.8) is 0 Å². The summed E-state index contributed by atoms with van der Waals surface area (Å²) in [6.45, 7) is 20.6. The third kappa shape index (κ3) is 7.40. The Kier molecular flexibility index (Phi) is 11.8. The van der Waals surface area contributed by atoms with Crippen LogP contribution in [0.25, 0.3) is 66.1 Å². The van der Waals surface area contributed by atoms with Gasteiger partial charge < -0.3 is 9.80 Å². The van der Waals surface area contributed by atoms with E-state index in [1.54, 1.807) is 5.56 Å². The quantitative estimate of drug-likeness (QED) is 0.0942. The summed E-state index contributed by atoms with van der Waals surface area (Å²) in [6.07, 6.45) is 11.2. The summed E-state index contributed by atoms with van der Waals surface area (Å²) in [5, 5.41) is 5.15. The molecular formula is C71H72N2. The van der Waals surface area contributed by atoms with Crippen molar-refractivity contribution >= 4 is 44.3 Å². The Morgan fingerprint density at radius 2 is 0.973 bits per heavy atom. The maximum atomic E-state index is 2.76. The Hall–Kier alpha value is -6.90. The van der Waals surface area contributed by atoms with Crippen molar-refractivity contribution in [1.29, 1.82) is 0 Å². The molecule has 2 aliphatic heterocycles. The molecule has 9 aromatic rings. The fraction of sp³-hybridized carbons (Fsp3) is 0.296. The van der Waals surface area contributed by atoms with Crippen LogP contribution in [0.3, 0.4) is 0 Å². The van der Waals surface area contributed by atoms with Gasteiger partial charge in [-0.25, -0.2) is 0 Å². The second-order valence-electron chi connectivity index (χ2n) is 23.0. The molecule has 0 amide bonds. The molecule has 0 bridgehead atoms. The van der Waals surface area contributed by atoms with E-state index in [1.165, 1.54) is 174 Å². The van der Waals surface area contributed by atoms with Crippen molar-refractivity contribution in [3.05, 3.63) is 203 Å². The molecule has 366 valence electrons. The van der Waals surface area contributed by atoms with Crippen molar-refractivity contribution in [2.24, 2.45) is 0 Å². The van der Waals surface area contributed by atoms with Gasteiger partial charge in [0.15, 0.2) is 0 Å². The first-order valence-corrected chi connectivity index (χ1v) is 27.6. The fourth-order valence-corrected chi connectivity index (χ4v) is 14.8. The molecule has 2 heteroatoms. The Morgan fingerprint density at radius 1 is 0.452 bits per heavy atom. The molecule has 3 unspecified atom stereocenters. The molecule has 2 nitrogen and oxygen atoms in total. The van der Waals surface area contributed by atoms with Crippen LogP contribution >= 0.6 is 0 Å². The molecule has 0 saturated heterocycles. The number of fused-ring (bicyclic) bond motifs is 6. The molecule has 2 heterocycles. The van der Waals surface area contributed by atoms with Crippen LogP contribution in [0.15, 0.2) is 170 Å². The van der Waals surface area contributed by atoms with Gasteiger partial charge in [-0.2, -0.15) is 0 Å². The molecule has 1 fully saturated rings. The second kappa shape index (κ2) is 18.2. The summed E-state index contributed by atoms with van der Waals surface area (Å²) < 4.78 is 0. The van der Waals surface area contributed by atoms with Crippen molar-refractivity contribution < 1.29 is 0 Å². The van der Waals surface area contributed by atoms with Gasteiger partial charge in [0.2, 0.25) is 0 Å². The summed E-state index contributed by atoms with van der Waals surface area (Å²) in [7, 11) is 0. The van der Waals surface area contributed by atoms with Gasteiger partial charge in [-0.15, -0.1) is 0 Å². The maximum Gasteiger partial charge on any atom is 0.0518 e. The lowest BCUT2D eigenvalue weighted by atomic mass is 9.60. The van der Waals surface area contributed by atoms with Crippen LogP contribution in [-0.2, 0) is 10.8 Å². The molecular weight excluding hydrogens is 881 g/mol. The lowest BCUT2D eigenvalue weighted by molar-refractivity contribution is 0.194. The van der Waals surface area contributed by atoms with E-state index in [2.05, 4.69) is 235 Å². The Bertz CT molecular complexity index is 3560. The van der Waals surface area contributed by atoms with Crippen LogP contribution in [0.5, 0.6) is 0 Å². The Morgan fingerprint density at radius 3 is 1.55 bits per heavy atom. The van der Waals surface area contributed by atoms with Gasteiger partial charge in [-0.05, 0) is 196 Å². The summed E-state index contributed by atoms with van der Waals surface area (Å²) in [5.74, 6) is 0. The maximum absolute atomic E-state index is 2.76. The van der Waals surface area contributed by atoms with E-state index in [-0.39, 0.29) is 16.4 Å². The highest BCUT2D eigenvalue weighted by molar-refractivity contribution is 6.22. The minimum Gasteiger partial charge on any atom is -0.340 e. The first-order chi connectivity index (χ1) is 35.5. The fourth-order valence-electron chi connectivity index (χ4n) is 14.8. The summed E-state index contributed by atoms with van der Waals surface area (Å²) >= 11 is 0. The predicted molar refractivity (Wildman–Crippen MR) is 315 cm³/mol. The van der Waals surface area contributed by atoms with Gasteiger partial charge in [0.05, 0.1) is 5.54 Å². The highest BCUT2D eigenvalue weighted by Gasteiger charge is 2.59. The number of nitrogens with zero attached hydrogens (tertiary/aromatic N) is 2. The number of rotatable bonds is 11. The lowest BCUT2D eigenvalue weighted by Crippen LogP contribution is -2.54. The normalized spacial score (nSPS) is 20.2. The van der Waals surface area contributed by atoms with Gasteiger partial charge in [0.1, 0.15) is 0 Å². The van der Waals surface area contributed by atoms with Gasteiger partial charge >= 0.3 is 0 Å². The predicted octanol–water partition coefficient (Wildman–Crippen LogP) is 20.0. The molecule has 12 rings (SSSR count). The van der Waals surface area contributed by atoms with Crippen LogP contribution < -0.4 is 9.80 Å². The van der Waals surface area contributed by atoms with Gasteiger partial charge in [0, 0.05) is 40.1 Å². The molecule has 3 aliphatic rings.